The summed E-state index contributed by atoms with van der Waals surface area (Å²) in [6, 6.07) is 8.80. The molecule has 0 aliphatic carbocycles. The van der Waals surface area contributed by atoms with Crippen LogP contribution < -0.4 is 11.3 Å². The number of likely N-dealkylation sites (tertiary alicyclic amines) is 1. The van der Waals surface area contributed by atoms with E-state index in [4.69, 9.17) is 5.84 Å². The van der Waals surface area contributed by atoms with E-state index in [1.807, 2.05) is 0 Å². The molecule has 0 radical (unpaired) electrons. The molecule has 1 aromatic rings. The summed E-state index contributed by atoms with van der Waals surface area (Å²) in [4.78, 5) is 14.0. The number of carbonyl (C=O) groups is 1. The number of carbonyl (C=O) groups excluding carboxylic acids is 1. The van der Waals surface area contributed by atoms with E-state index < -0.39 is 0 Å². The molecule has 0 saturated carbocycles. The van der Waals surface area contributed by atoms with Gasteiger partial charge in [0, 0.05) is 13.1 Å². The van der Waals surface area contributed by atoms with Gasteiger partial charge in [0.15, 0.2) is 0 Å². The van der Waals surface area contributed by atoms with Crippen LogP contribution in [0.25, 0.3) is 0 Å². The van der Waals surface area contributed by atoms with E-state index >= 15 is 0 Å². The number of amides is 1. The zero-order valence-corrected chi connectivity index (χ0v) is 12.4. The van der Waals surface area contributed by atoms with Crippen LogP contribution in [0.2, 0.25) is 0 Å². The molecule has 3 N–H and O–H groups in total. The molecule has 20 heavy (non-hydrogen) atoms. The summed E-state index contributed by atoms with van der Waals surface area (Å²) in [5.74, 6) is 5.79. The van der Waals surface area contributed by atoms with E-state index in [1.54, 1.807) is 0 Å². The summed E-state index contributed by atoms with van der Waals surface area (Å²) in [5.41, 5.74) is 4.95. The molecule has 2 rings (SSSR count). The Hall–Kier alpha value is -1.39. The minimum absolute atomic E-state index is 0.0312. The Morgan fingerprint density at radius 1 is 1.40 bits per heavy atom. The Morgan fingerprint density at radius 2 is 2.10 bits per heavy atom. The summed E-state index contributed by atoms with van der Waals surface area (Å²) < 4.78 is 0. The first-order valence-electron chi connectivity index (χ1n) is 7.41. The smallest absolute Gasteiger partial charge is 0.238 e. The molecule has 1 amide bonds. The lowest BCUT2D eigenvalue weighted by Crippen LogP contribution is -2.44. The van der Waals surface area contributed by atoms with Crippen LogP contribution in [0.1, 0.15) is 43.7 Å². The van der Waals surface area contributed by atoms with Crippen molar-refractivity contribution in [3.63, 3.8) is 0 Å². The largest absolute Gasteiger partial charge is 0.298 e. The predicted octanol–water partition coefficient (Wildman–Crippen LogP) is 2.01. The number of piperidine rings is 1. The third-order valence-electron chi connectivity index (χ3n) is 4.07. The summed E-state index contributed by atoms with van der Waals surface area (Å²) >= 11 is 0. The van der Waals surface area contributed by atoms with E-state index in [2.05, 4.69) is 48.4 Å². The number of hydrazine groups is 1. The molecule has 1 atom stereocenters. The minimum atomic E-state index is -0.0372. The minimum Gasteiger partial charge on any atom is -0.298 e. The van der Waals surface area contributed by atoms with Crippen molar-refractivity contribution in [1.82, 2.24) is 10.3 Å². The Kier molecular flexibility index (Phi) is 5.15. The highest BCUT2D eigenvalue weighted by Crippen LogP contribution is 2.20. The van der Waals surface area contributed by atoms with Crippen LogP contribution >= 0.6 is 0 Å². The van der Waals surface area contributed by atoms with Gasteiger partial charge in [-0.2, -0.15) is 0 Å². The average Bonchev–Trinajstić information content (AvgIpc) is 2.47. The van der Waals surface area contributed by atoms with Crippen molar-refractivity contribution >= 4 is 5.91 Å². The highest BCUT2D eigenvalue weighted by Gasteiger charge is 2.25. The molecule has 1 saturated heterocycles. The normalized spacial score (nSPS) is 20.1. The van der Waals surface area contributed by atoms with E-state index in [1.165, 1.54) is 11.1 Å². The van der Waals surface area contributed by atoms with Crippen molar-refractivity contribution in [2.75, 3.05) is 13.1 Å². The molecule has 4 heteroatoms. The summed E-state index contributed by atoms with van der Waals surface area (Å²) in [5, 5.41) is 0. The van der Waals surface area contributed by atoms with Crippen molar-refractivity contribution < 1.29 is 4.79 Å². The summed E-state index contributed by atoms with van der Waals surface area (Å²) in [6.07, 6.45) is 1.99. The van der Waals surface area contributed by atoms with Gasteiger partial charge >= 0.3 is 0 Å². The second-order valence-corrected chi connectivity index (χ2v) is 5.98. The Morgan fingerprint density at radius 3 is 2.70 bits per heavy atom. The monoisotopic (exact) mass is 275 g/mol. The number of nitrogens with two attached hydrogens (primary N) is 1. The van der Waals surface area contributed by atoms with Crippen LogP contribution in [0.5, 0.6) is 0 Å². The van der Waals surface area contributed by atoms with Crippen molar-refractivity contribution in [1.29, 1.82) is 0 Å². The second-order valence-electron chi connectivity index (χ2n) is 5.98. The van der Waals surface area contributed by atoms with Crippen LogP contribution in [-0.2, 0) is 11.3 Å². The van der Waals surface area contributed by atoms with Crippen LogP contribution in [0.4, 0.5) is 0 Å². The molecule has 1 aliphatic heterocycles. The highest BCUT2D eigenvalue weighted by molar-refractivity contribution is 5.78. The van der Waals surface area contributed by atoms with Gasteiger partial charge in [0.1, 0.15) is 0 Å². The SMILES string of the molecule is CC(C)c1ccc(CN2CCCC(C(=O)NN)C2)cc1. The number of hydrogen-bond donors (Lipinski definition) is 2. The number of nitrogens with one attached hydrogen (secondary N) is 1. The Bertz CT molecular complexity index is 442. The fraction of sp³-hybridized carbons (Fsp3) is 0.562. The van der Waals surface area contributed by atoms with Crippen molar-refractivity contribution in [3.05, 3.63) is 35.4 Å². The standard InChI is InChI=1S/C16H25N3O/c1-12(2)14-7-5-13(6-8-14)10-19-9-3-4-15(11-19)16(20)18-17/h5-8,12,15H,3-4,9-11,17H2,1-2H3,(H,18,20). The zero-order valence-electron chi connectivity index (χ0n) is 12.4. The van der Waals surface area contributed by atoms with Crippen molar-refractivity contribution in [3.8, 4) is 0 Å². The average molecular weight is 275 g/mol. The van der Waals surface area contributed by atoms with Gasteiger partial charge in [-0.3, -0.25) is 15.1 Å². The van der Waals surface area contributed by atoms with Crippen LogP contribution in [0.3, 0.4) is 0 Å². The van der Waals surface area contributed by atoms with Gasteiger partial charge in [-0.15, -0.1) is 0 Å². The lowest BCUT2D eigenvalue weighted by molar-refractivity contribution is -0.126. The molecule has 0 aromatic heterocycles. The van der Waals surface area contributed by atoms with Crippen LogP contribution in [0.15, 0.2) is 24.3 Å². The van der Waals surface area contributed by atoms with Crippen molar-refractivity contribution in [2.45, 2.75) is 39.2 Å². The molecule has 1 heterocycles. The van der Waals surface area contributed by atoms with Gasteiger partial charge in [0.25, 0.3) is 0 Å². The maximum atomic E-state index is 11.6. The molecule has 0 spiro atoms. The van der Waals surface area contributed by atoms with Gasteiger partial charge in [-0.05, 0) is 36.4 Å². The van der Waals surface area contributed by atoms with Gasteiger partial charge < -0.3 is 0 Å². The number of rotatable bonds is 4. The van der Waals surface area contributed by atoms with Gasteiger partial charge in [-0.1, -0.05) is 38.1 Å². The van der Waals surface area contributed by atoms with Crippen LogP contribution in [-0.4, -0.2) is 23.9 Å². The Labute approximate surface area is 121 Å². The first-order chi connectivity index (χ1) is 9.60. The zero-order chi connectivity index (χ0) is 14.5. The van der Waals surface area contributed by atoms with Crippen LogP contribution in [0, 0.1) is 5.92 Å². The fourth-order valence-electron chi connectivity index (χ4n) is 2.80. The molecule has 4 nitrogen and oxygen atoms in total. The van der Waals surface area contributed by atoms with Gasteiger partial charge in [0.2, 0.25) is 5.91 Å². The lowest BCUT2D eigenvalue weighted by atomic mass is 9.96. The third kappa shape index (κ3) is 3.81. The van der Waals surface area contributed by atoms with Gasteiger partial charge in [-0.25, -0.2) is 5.84 Å². The molecular weight excluding hydrogens is 250 g/mol. The lowest BCUT2D eigenvalue weighted by Gasteiger charge is -2.31. The number of hydrogen-bond acceptors (Lipinski definition) is 3. The van der Waals surface area contributed by atoms with E-state index in [0.29, 0.717) is 5.92 Å². The molecular formula is C16H25N3O. The Balaban J connectivity index is 1.94. The van der Waals surface area contributed by atoms with Crippen molar-refractivity contribution in [2.24, 2.45) is 11.8 Å². The number of benzene rings is 1. The van der Waals surface area contributed by atoms with E-state index in [9.17, 15) is 4.79 Å². The maximum absolute atomic E-state index is 11.6. The fourth-order valence-corrected chi connectivity index (χ4v) is 2.80. The predicted molar refractivity (Wildman–Crippen MR) is 80.9 cm³/mol. The van der Waals surface area contributed by atoms with E-state index in [-0.39, 0.29) is 11.8 Å². The van der Waals surface area contributed by atoms with Gasteiger partial charge in [0.05, 0.1) is 5.92 Å². The topological polar surface area (TPSA) is 58.4 Å². The summed E-state index contributed by atoms with van der Waals surface area (Å²) in [7, 11) is 0. The molecule has 1 fully saturated rings. The first-order valence-corrected chi connectivity index (χ1v) is 7.41. The molecule has 1 aliphatic rings. The number of nitrogens with zero attached hydrogens (tertiary/aromatic N) is 1. The molecule has 110 valence electrons. The summed E-state index contributed by atoms with van der Waals surface area (Å²) in [6.45, 7) is 7.17. The maximum Gasteiger partial charge on any atom is 0.238 e. The quantitative estimate of drug-likeness (QED) is 0.502. The molecule has 1 unspecified atom stereocenters. The second kappa shape index (κ2) is 6.86. The molecule has 0 bridgehead atoms. The first kappa shape index (κ1) is 15.0. The highest BCUT2D eigenvalue weighted by atomic mass is 16.2. The van der Waals surface area contributed by atoms with E-state index in [0.717, 1.165) is 32.5 Å². The molecule has 1 aromatic carbocycles. The third-order valence-corrected chi connectivity index (χ3v) is 4.07.